The van der Waals surface area contributed by atoms with Crippen molar-refractivity contribution >= 4 is 5.69 Å². The van der Waals surface area contributed by atoms with E-state index in [9.17, 15) is 22.5 Å². The zero-order valence-corrected chi connectivity index (χ0v) is 7.21. The fraction of sp³-hybridized carbons (Fsp3) is 0.250. The maximum atomic E-state index is 12.6. The van der Waals surface area contributed by atoms with E-state index in [1.165, 1.54) is 0 Å². The molecule has 0 unspecified atom stereocenters. The highest BCUT2D eigenvalue weighted by atomic mass is 19.4. The van der Waals surface area contributed by atoms with Crippen LogP contribution in [0.3, 0.4) is 0 Å². The summed E-state index contributed by atoms with van der Waals surface area (Å²) >= 11 is 0. The molecule has 0 heterocycles. The van der Waals surface area contributed by atoms with Crippen LogP contribution >= 0.6 is 0 Å². The Hall–Kier alpha value is -1.66. The minimum Gasteiger partial charge on any atom is -0.482 e. The molecular formula is C8H5F4NO2. The number of hydrogen-bond donors (Lipinski definition) is 0. The van der Waals surface area contributed by atoms with Crippen molar-refractivity contribution in [3.05, 3.63) is 28.9 Å². The molecule has 7 heteroatoms. The van der Waals surface area contributed by atoms with E-state index in [1.54, 1.807) is 0 Å². The maximum Gasteiger partial charge on any atom is 0.422 e. The van der Waals surface area contributed by atoms with Crippen LogP contribution in [-0.4, -0.2) is 12.8 Å². The van der Waals surface area contributed by atoms with Crippen LogP contribution in [0.2, 0.25) is 0 Å². The molecule has 0 N–H and O–H groups in total. The van der Waals surface area contributed by atoms with Gasteiger partial charge in [-0.3, -0.25) is 0 Å². The van der Waals surface area contributed by atoms with Gasteiger partial charge in [0.15, 0.2) is 12.4 Å². The highest BCUT2D eigenvalue weighted by Gasteiger charge is 2.29. The molecule has 0 fully saturated rings. The van der Waals surface area contributed by atoms with Crippen molar-refractivity contribution in [2.75, 3.05) is 6.61 Å². The smallest absolute Gasteiger partial charge is 0.422 e. The molecule has 1 aromatic rings. The quantitative estimate of drug-likeness (QED) is 0.583. The van der Waals surface area contributed by atoms with Gasteiger partial charge in [0.25, 0.3) is 0 Å². The molecule has 0 radical (unpaired) electrons. The molecule has 0 aliphatic carbocycles. The molecule has 1 rings (SSSR count). The summed E-state index contributed by atoms with van der Waals surface area (Å²) in [7, 11) is 0. The number of hydrogen-bond acceptors (Lipinski definition) is 3. The Bertz CT molecular complexity index is 364. The minimum absolute atomic E-state index is 0.374. The van der Waals surface area contributed by atoms with Gasteiger partial charge < -0.3 is 4.74 Å². The molecule has 3 nitrogen and oxygen atoms in total. The summed E-state index contributed by atoms with van der Waals surface area (Å²) in [6, 6.07) is 2.51. The number of rotatable bonds is 3. The van der Waals surface area contributed by atoms with E-state index in [-0.39, 0.29) is 5.69 Å². The van der Waals surface area contributed by atoms with Crippen molar-refractivity contribution in [2.24, 2.45) is 5.18 Å². The fourth-order valence-corrected chi connectivity index (χ4v) is 0.839. The lowest BCUT2D eigenvalue weighted by atomic mass is 10.3. The van der Waals surface area contributed by atoms with E-state index in [0.29, 0.717) is 6.07 Å². The SMILES string of the molecule is O=Nc1ccc(F)cc1OCC(F)(F)F. The lowest BCUT2D eigenvalue weighted by Crippen LogP contribution is -2.19. The molecule has 0 bridgehead atoms. The van der Waals surface area contributed by atoms with E-state index in [0.717, 1.165) is 12.1 Å². The monoisotopic (exact) mass is 223 g/mol. The van der Waals surface area contributed by atoms with Gasteiger partial charge in [0.2, 0.25) is 0 Å². The van der Waals surface area contributed by atoms with Crippen LogP contribution in [0.1, 0.15) is 0 Å². The Morgan fingerprint density at radius 3 is 2.53 bits per heavy atom. The molecule has 15 heavy (non-hydrogen) atoms. The third kappa shape index (κ3) is 3.53. The predicted octanol–water partition coefficient (Wildman–Crippen LogP) is 3.16. The molecule has 0 amide bonds. The predicted molar refractivity (Wildman–Crippen MR) is 43.4 cm³/mol. The normalized spacial score (nSPS) is 11.2. The average Bonchev–Trinajstić information content (AvgIpc) is 2.14. The van der Waals surface area contributed by atoms with Crippen LogP contribution in [-0.2, 0) is 0 Å². The van der Waals surface area contributed by atoms with E-state index >= 15 is 0 Å². The first kappa shape index (κ1) is 11.4. The number of ether oxygens (including phenoxy) is 1. The molecule has 0 aromatic heterocycles. The number of alkyl halides is 3. The van der Waals surface area contributed by atoms with Crippen LogP contribution in [0.4, 0.5) is 23.2 Å². The molecule has 0 aliphatic rings. The average molecular weight is 223 g/mol. The van der Waals surface area contributed by atoms with Crippen LogP contribution in [0.15, 0.2) is 23.4 Å². The first-order valence-electron chi connectivity index (χ1n) is 3.75. The van der Waals surface area contributed by atoms with Crippen molar-refractivity contribution in [3.63, 3.8) is 0 Å². The largest absolute Gasteiger partial charge is 0.482 e. The molecule has 0 aliphatic heterocycles. The second-order valence-corrected chi connectivity index (χ2v) is 2.61. The summed E-state index contributed by atoms with van der Waals surface area (Å²) in [5.41, 5.74) is -0.374. The Morgan fingerprint density at radius 2 is 2.00 bits per heavy atom. The molecule has 1 aromatic carbocycles. The summed E-state index contributed by atoms with van der Waals surface area (Å²) in [5.74, 6) is -1.33. The Morgan fingerprint density at radius 1 is 1.33 bits per heavy atom. The van der Waals surface area contributed by atoms with E-state index in [1.807, 2.05) is 0 Å². The highest BCUT2D eigenvalue weighted by molar-refractivity contribution is 5.51. The Balaban J connectivity index is 2.83. The first-order chi connectivity index (χ1) is 6.92. The van der Waals surface area contributed by atoms with Gasteiger partial charge in [0.05, 0.1) is 0 Å². The van der Waals surface area contributed by atoms with Crippen LogP contribution in [0.25, 0.3) is 0 Å². The zero-order chi connectivity index (χ0) is 11.5. The van der Waals surface area contributed by atoms with Gasteiger partial charge in [-0.15, -0.1) is 4.91 Å². The van der Waals surface area contributed by atoms with Crippen LogP contribution in [0, 0.1) is 10.7 Å². The van der Waals surface area contributed by atoms with Gasteiger partial charge >= 0.3 is 6.18 Å². The molecule has 0 saturated heterocycles. The number of halogens is 4. The lowest BCUT2D eigenvalue weighted by Gasteiger charge is -2.09. The first-order valence-corrected chi connectivity index (χ1v) is 3.75. The fourth-order valence-electron chi connectivity index (χ4n) is 0.839. The summed E-state index contributed by atoms with van der Waals surface area (Å²) < 4.78 is 52.1. The van der Waals surface area contributed by atoms with Crippen LogP contribution < -0.4 is 4.74 Å². The van der Waals surface area contributed by atoms with Gasteiger partial charge in [-0.25, -0.2) is 4.39 Å². The number of benzene rings is 1. The van der Waals surface area contributed by atoms with E-state index in [2.05, 4.69) is 9.91 Å². The minimum atomic E-state index is -4.55. The van der Waals surface area contributed by atoms with Crippen molar-refractivity contribution < 1.29 is 22.3 Å². The van der Waals surface area contributed by atoms with Crippen LogP contribution in [0.5, 0.6) is 5.75 Å². The van der Waals surface area contributed by atoms with Gasteiger partial charge in [-0.05, 0) is 17.3 Å². The van der Waals surface area contributed by atoms with Gasteiger partial charge in [0, 0.05) is 6.07 Å². The molecule has 82 valence electrons. The van der Waals surface area contributed by atoms with Crippen molar-refractivity contribution in [3.8, 4) is 5.75 Å². The second kappa shape index (κ2) is 4.24. The highest BCUT2D eigenvalue weighted by Crippen LogP contribution is 2.29. The van der Waals surface area contributed by atoms with Gasteiger partial charge in [-0.2, -0.15) is 13.2 Å². The molecular weight excluding hydrogens is 218 g/mol. The zero-order valence-electron chi connectivity index (χ0n) is 7.21. The van der Waals surface area contributed by atoms with Crippen molar-refractivity contribution in [1.82, 2.24) is 0 Å². The van der Waals surface area contributed by atoms with Crippen molar-refractivity contribution in [1.29, 1.82) is 0 Å². The Labute approximate surface area is 81.6 Å². The van der Waals surface area contributed by atoms with Gasteiger partial charge in [-0.1, -0.05) is 0 Å². The number of nitroso groups, excluding NO2 is 1. The topological polar surface area (TPSA) is 38.7 Å². The molecule has 0 saturated carbocycles. The lowest BCUT2D eigenvalue weighted by molar-refractivity contribution is -0.153. The summed E-state index contributed by atoms with van der Waals surface area (Å²) in [5, 5.41) is 2.40. The molecule has 0 spiro atoms. The van der Waals surface area contributed by atoms with E-state index < -0.39 is 24.3 Å². The van der Waals surface area contributed by atoms with Gasteiger partial charge in [0.1, 0.15) is 11.5 Å². The second-order valence-electron chi connectivity index (χ2n) is 2.61. The van der Waals surface area contributed by atoms with E-state index in [4.69, 9.17) is 0 Å². The summed E-state index contributed by atoms with van der Waals surface area (Å²) in [6.07, 6.45) is -4.55. The van der Waals surface area contributed by atoms with Crippen molar-refractivity contribution in [2.45, 2.75) is 6.18 Å². The number of nitrogens with zero attached hydrogens (tertiary/aromatic N) is 1. The maximum absolute atomic E-state index is 12.6. The summed E-state index contributed by atoms with van der Waals surface area (Å²) in [6.45, 7) is -1.60. The Kier molecular flexibility index (Phi) is 3.23. The molecule has 0 atom stereocenters. The summed E-state index contributed by atoms with van der Waals surface area (Å²) in [4.78, 5) is 10.1. The third-order valence-corrected chi connectivity index (χ3v) is 1.41. The standard InChI is InChI=1S/C8H5F4NO2/c9-5-1-2-6(13-14)7(3-5)15-4-8(10,11)12/h1-3H,4H2. The third-order valence-electron chi connectivity index (χ3n) is 1.41.